The Morgan fingerprint density at radius 1 is 1.10 bits per heavy atom. The molecule has 0 aliphatic heterocycles. The van der Waals surface area contributed by atoms with Crippen LogP contribution in [0, 0.1) is 6.92 Å². The highest BCUT2D eigenvalue weighted by Gasteiger charge is 2.08. The Morgan fingerprint density at radius 3 is 2.50 bits per heavy atom. The molecule has 1 heterocycles. The summed E-state index contributed by atoms with van der Waals surface area (Å²) < 4.78 is 0. The van der Waals surface area contributed by atoms with Crippen LogP contribution in [0.2, 0.25) is 10.0 Å². The fourth-order valence-electron chi connectivity index (χ4n) is 2.13. The van der Waals surface area contributed by atoms with Crippen molar-refractivity contribution in [2.24, 2.45) is 0 Å². The van der Waals surface area contributed by atoms with Crippen LogP contribution in [0.15, 0.2) is 18.2 Å². The first-order chi connectivity index (χ1) is 9.47. The van der Waals surface area contributed by atoms with Crippen LogP contribution in [0.25, 0.3) is 0 Å². The van der Waals surface area contributed by atoms with Gasteiger partial charge in [-0.15, -0.1) is 0 Å². The zero-order chi connectivity index (χ0) is 14.7. The van der Waals surface area contributed by atoms with Gasteiger partial charge in [-0.1, -0.05) is 29.3 Å². The van der Waals surface area contributed by atoms with E-state index in [9.17, 15) is 0 Å². The highest BCUT2D eigenvalue weighted by molar-refractivity contribution is 6.35. The van der Waals surface area contributed by atoms with Crippen molar-refractivity contribution in [3.63, 3.8) is 0 Å². The van der Waals surface area contributed by atoms with E-state index in [1.54, 1.807) is 6.07 Å². The molecule has 4 nitrogen and oxygen atoms in total. The van der Waals surface area contributed by atoms with Crippen LogP contribution in [0.3, 0.4) is 0 Å². The lowest BCUT2D eigenvalue weighted by atomic mass is 10.0. The molecule has 6 heteroatoms. The van der Waals surface area contributed by atoms with Crippen LogP contribution < -0.4 is 11.5 Å². The first kappa shape index (κ1) is 14.9. The number of nitrogens with two attached hydrogens (primary N) is 2. The van der Waals surface area contributed by atoms with Crippen LogP contribution in [0.4, 0.5) is 11.8 Å². The zero-order valence-electron chi connectivity index (χ0n) is 11.2. The lowest BCUT2D eigenvalue weighted by molar-refractivity contribution is 0.807. The van der Waals surface area contributed by atoms with E-state index in [-0.39, 0.29) is 5.95 Å². The van der Waals surface area contributed by atoms with Crippen LogP contribution in [0.5, 0.6) is 0 Å². The lowest BCUT2D eigenvalue weighted by Crippen LogP contribution is -2.07. The molecule has 0 saturated carbocycles. The molecule has 106 valence electrons. The van der Waals surface area contributed by atoms with E-state index in [1.165, 1.54) is 0 Å². The molecule has 0 saturated heterocycles. The minimum atomic E-state index is 0.212. The van der Waals surface area contributed by atoms with Gasteiger partial charge < -0.3 is 11.5 Å². The minimum Gasteiger partial charge on any atom is -0.383 e. The molecule has 1 aromatic heterocycles. The Morgan fingerprint density at radius 2 is 1.85 bits per heavy atom. The van der Waals surface area contributed by atoms with Gasteiger partial charge in [0.15, 0.2) is 0 Å². The van der Waals surface area contributed by atoms with Gasteiger partial charge in [0.2, 0.25) is 5.95 Å². The Kier molecular flexibility index (Phi) is 4.68. The van der Waals surface area contributed by atoms with Crippen LogP contribution in [-0.4, -0.2) is 9.97 Å². The van der Waals surface area contributed by atoms with E-state index in [4.69, 9.17) is 34.7 Å². The van der Waals surface area contributed by atoms with Crippen molar-refractivity contribution < 1.29 is 0 Å². The van der Waals surface area contributed by atoms with Crippen molar-refractivity contribution >= 4 is 35.0 Å². The smallest absolute Gasteiger partial charge is 0.222 e. The van der Waals surface area contributed by atoms with E-state index >= 15 is 0 Å². The third-order valence-corrected chi connectivity index (χ3v) is 3.74. The highest BCUT2D eigenvalue weighted by atomic mass is 35.5. The van der Waals surface area contributed by atoms with Gasteiger partial charge in [0.1, 0.15) is 5.82 Å². The molecule has 0 atom stereocenters. The number of aryl methyl sites for hydroxylation is 2. The average Bonchev–Trinajstić information content (AvgIpc) is 2.34. The maximum absolute atomic E-state index is 6.14. The van der Waals surface area contributed by atoms with Gasteiger partial charge in [-0.2, -0.15) is 4.98 Å². The predicted molar refractivity (Wildman–Crippen MR) is 84.1 cm³/mol. The molecule has 20 heavy (non-hydrogen) atoms. The number of anilines is 2. The molecule has 0 spiro atoms. The van der Waals surface area contributed by atoms with Crippen molar-refractivity contribution in [1.29, 1.82) is 0 Å². The summed E-state index contributed by atoms with van der Waals surface area (Å²) in [4.78, 5) is 8.12. The van der Waals surface area contributed by atoms with Gasteiger partial charge in [0.25, 0.3) is 0 Å². The molecule has 4 N–H and O–H groups in total. The molecular formula is C14H16Cl2N4. The Bertz CT molecular complexity index is 606. The Hall–Kier alpha value is -1.52. The fourth-order valence-corrected chi connectivity index (χ4v) is 2.63. The quantitative estimate of drug-likeness (QED) is 0.907. The zero-order valence-corrected chi connectivity index (χ0v) is 12.7. The first-order valence-electron chi connectivity index (χ1n) is 6.29. The Labute approximate surface area is 128 Å². The molecule has 0 aliphatic rings. The first-order valence-corrected chi connectivity index (χ1v) is 7.05. The van der Waals surface area contributed by atoms with E-state index < -0.39 is 0 Å². The van der Waals surface area contributed by atoms with Gasteiger partial charge in [0, 0.05) is 21.3 Å². The second-order valence-electron chi connectivity index (χ2n) is 4.62. The van der Waals surface area contributed by atoms with E-state index in [0.29, 0.717) is 15.9 Å². The van der Waals surface area contributed by atoms with Gasteiger partial charge in [-0.25, -0.2) is 4.98 Å². The number of hydrogen-bond acceptors (Lipinski definition) is 4. The Balaban J connectivity index is 2.03. The topological polar surface area (TPSA) is 77.8 Å². The second-order valence-corrected chi connectivity index (χ2v) is 5.46. The summed E-state index contributed by atoms with van der Waals surface area (Å²) in [5, 5.41) is 1.33. The summed E-state index contributed by atoms with van der Waals surface area (Å²) in [7, 11) is 0. The van der Waals surface area contributed by atoms with Gasteiger partial charge in [-0.3, -0.25) is 0 Å². The van der Waals surface area contributed by atoms with Gasteiger partial charge in [-0.05, 0) is 43.9 Å². The minimum absolute atomic E-state index is 0.212. The van der Waals surface area contributed by atoms with Crippen molar-refractivity contribution in [2.45, 2.75) is 26.2 Å². The maximum atomic E-state index is 6.14. The largest absolute Gasteiger partial charge is 0.383 e. The number of aromatic nitrogens is 2. The summed E-state index contributed by atoms with van der Waals surface area (Å²) in [5.74, 6) is 0.668. The average molecular weight is 311 g/mol. The number of rotatable bonds is 4. The molecule has 0 unspecified atom stereocenters. The monoisotopic (exact) mass is 310 g/mol. The molecule has 2 rings (SSSR count). The molecule has 0 radical (unpaired) electrons. The van der Waals surface area contributed by atoms with Gasteiger partial charge >= 0.3 is 0 Å². The number of nitrogen functional groups attached to an aromatic ring is 2. The van der Waals surface area contributed by atoms with Crippen LogP contribution in [-0.2, 0) is 12.8 Å². The van der Waals surface area contributed by atoms with Crippen molar-refractivity contribution in [3.8, 4) is 0 Å². The standard InChI is InChI=1S/C14H16Cl2N4/c1-8-11(13(17)20-14(18)19-8)4-2-3-9-5-6-10(15)7-12(9)16/h5-7H,2-4H2,1H3,(H4,17,18,19,20). The number of hydrogen-bond donors (Lipinski definition) is 2. The number of benzene rings is 1. The van der Waals surface area contributed by atoms with Crippen LogP contribution >= 0.6 is 23.2 Å². The third kappa shape index (κ3) is 3.52. The molecular weight excluding hydrogens is 295 g/mol. The van der Waals surface area contributed by atoms with E-state index in [2.05, 4.69) is 9.97 Å². The molecule has 0 fully saturated rings. The summed E-state index contributed by atoms with van der Waals surface area (Å²) in [6.07, 6.45) is 2.54. The third-order valence-electron chi connectivity index (χ3n) is 3.15. The lowest BCUT2D eigenvalue weighted by Gasteiger charge is -2.09. The molecule has 2 aromatic rings. The molecule has 0 amide bonds. The molecule has 0 bridgehead atoms. The summed E-state index contributed by atoms with van der Waals surface area (Å²) >= 11 is 12.0. The number of halogens is 2. The van der Waals surface area contributed by atoms with Crippen molar-refractivity contribution in [2.75, 3.05) is 11.5 Å². The normalized spacial score (nSPS) is 10.8. The summed E-state index contributed by atoms with van der Waals surface area (Å²) in [6.45, 7) is 1.89. The van der Waals surface area contributed by atoms with Gasteiger partial charge in [0.05, 0.1) is 0 Å². The molecule has 1 aromatic carbocycles. The predicted octanol–water partition coefficient (Wildman–Crippen LogP) is 3.43. The van der Waals surface area contributed by atoms with Crippen molar-refractivity contribution in [3.05, 3.63) is 45.1 Å². The maximum Gasteiger partial charge on any atom is 0.222 e. The van der Waals surface area contributed by atoms with Crippen LogP contribution in [0.1, 0.15) is 23.2 Å². The van der Waals surface area contributed by atoms with E-state index in [0.717, 1.165) is 36.1 Å². The number of nitrogens with zero attached hydrogens (tertiary/aromatic N) is 2. The summed E-state index contributed by atoms with van der Waals surface area (Å²) in [6, 6.07) is 5.54. The summed E-state index contributed by atoms with van der Waals surface area (Å²) in [5.41, 5.74) is 14.3. The highest BCUT2D eigenvalue weighted by Crippen LogP contribution is 2.23. The SMILES string of the molecule is Cc1nc(N)nc(N)c1CCCc1ccc(Cl)cc1Cl. The fraction of sp³-hybridized carbons (Fsp3) is 0.286. The van der Waals surface area contributed by atoms with Crippen molar-refractivity contribution in [1.82, 2.24) is 9.97 Å². The molecule has 0 aliphatic carbocycles. The van der Waals surface area contributed by atoms with E-state index in [1.807, 2.05) is 19.1 Å². The second kappa shape index (κ2) is 6.29.